The number of carbonyl (C=O) groups is 1. The summed E-state index contributed by atoms with van der Waals surface area (Å²) in [5.41, 5.74) is 0. The molecule has 2 nitrogen and oxygen atoms in total. The summed E-state index contributed by atoms with van der Waals surface area (Å²) in [6.07, 6.45) is -4.38. The normalized spacial score (nSPS) is 11.6. The molecule has 0 saturated heterocycles. The van der Waals surface area contributed by atoms with Crippen LogP contribution in [-0.2, 0) is 0 Å². The van der Waals surface area contributed by atoms with E-state index in [-0.39, 0.29) is 4.88 Å². The minimum absolute atomic E-state index is 0.255. The summed E-state index contributed by atoms with van der Waals surface area (Å²) >= 11 is 7.43. The van der Waals surface area contributed by atoms with E-state index in [4.69, 9.17) is 0 Å². The van der Waals surface area contributed by atoms with Crippen molar-refractivity contribution in [3.8, 4) is 0 Å². The Labute approximate surface area is 111 Å². The van der Waals surface area contributed by atoms with Gasteiger partial charge in [-0.3, -0.25) is 4.79 Å². The molecule has 0 spiro atoms. The third-order valence-electron chi connectivity index (χ3n) is 1.62. The maximum atomic E-state index is 12.1. The molecule has 1 aromatic heterocycles. The lowest BCUT2D eigenvalue weighted by atomic mass is 10.4. The third-order valence-corrected chi connectivity index (χ3v) is 4.86. The molecule has 1 heterocycles. The fourth-order valence-corrected chi connectivity index (χ4v) is 3.01. The molecule has 8 heteroatoms. The van der Waals surface area contributed by atoms with E-state index in [1.54, 1.807) is 0 Å². The van der Waals surface area contributed by atoms with Gasteiger partial charge in [0, 0.05) is 11.5 Å². The zero-order chi connectivity index (χ0) is 12.5. The summed E-state index contributed by atoms with van der Waals surface area (Å²) in [6, 6.07) is 1.49. The van der Waals surface area contributed by atoms with Crippen LogP contribution in [0.1, 0.15) is 9.67 Å². The number of hydrogen-bond acceptors (Lipinski definition) is 2. The highest BCUT2D eigenvalue weighted by Crippen LogP contribution is 2.33. The predicted octanol–water partition coefficient (Wildman–Crippen LogP) is 3.91. The lowest BCUT2D eigenvalue weighted by Crippen LogP contribution is -2.35. The maximum absolute atomic E-state index is 12.1. The molecular formula is C8H6Br2F3NOS. The molecule has 1 rings (SSSR count). The monoisotopic (exact) mass is 379 g/mol. The van der Waals surface area contributed by atoms with E-state index in [1.807, 2.05) is 0 Å². The van der Waals surface area contributed by atoms with Crippen LogP contribution in [0.5, 0.6) is 0 Å². The van der Waals surface area contributed by atoms with E-state index in [2.05, 4.69) is 31.9 Å². The van der Waals surface area contributed by atoms with Crippen LogP contribution in [0.4, 0.5) is 13.2 Å². The SMILES string of the molecule is CN(CC(F)(F)F)C(=O)c1cc(Br)c(Br)s1. The van der Waals surface area contributed by atoms with Gasteiger partial charge in [0.05, 0.1) is 8.66 Å². The number of carbonyl (C=O) groups excluding carboxylic acids is 1. The predicted molar refractivity (Wildman–Crippen MR) is 62.7 cm³/mol. The van der Waals surface area contributed by atoms with Crippen LogP contribution in [0.25, 0.3) is 0 Å². The van der Waals surface area contributed by atoms with Gasteiger partial charge in [-0.05, 0) is 37.9 Å². The Morgan fingerprint density at radius 1 is 1.50 bits per heavy atom. The van der Waals surface area contributed by atoms with Crippen molar-refractivity contribution in [3.63, 3.8) is 0 Å². The second-order valence-corrected chi connectivity index (χ2v) is 6.23. The Balaban J connectivity index is 2.78. The van der Waals surface area contributed by atoms with Gasteiger partial charge in [0.2, 0.25) is 0 Å². The van der Waals surface area contributed by atoms with Gasteiger partial charge in [-0.25, -0.2) is 0 Å². The van der Waals surface area contributed by atoms with Gasteiger partial charge in [-0.2, -0.15) is 13.2 Å². The zero-order valence-electron chi connectivity index (χ0n) is 7.94. The number of halogens is 5. The number of hydrogen-bond donors (Lipinski definition) is 0. The van der Waals surface area contributed by atoms with Crippen LogP contribution in [0, 0.1) is 0 Å². The summed E-state index contributed by atoms with van der Waals surface area (Å²) in [5, 5.41) is 0. The summed E-state index contributed by atoms with van der Waals surface area (Å²) < 4.78 is 37.5. The van der Waals surface area contributed by atoms with Crippen LogP contribution in [-0.4, -0.2) is 30.6 Å². The molecule has 0 aliphatic carbocycles. The standard InChI is InChI=1S/C8H6Br2F3NOS/c1-14(3-8(11,12)13)7(15)5-2-4(9)6(10)16-5/h2H,3H2,1H3. The highest BCUT2D eigenvalue weighted by molar-refractivity contribution is 9.13. The number of alkyl halides is 3. The Hall–Kier alpha value is -0.0800. The molecule has 0 aliphatic rings. The van der Waals surface area contributed by atoms with E-state index in [1.165, 1.54) is 6.07 Å². The molecular weight excluding hydrogens is 375 g/mol. The molecule has 0 unspecified atom stereocenters. The highest BCUT2D eigenvalue weighted by Gasteiger charge is 2.32. The van der Waals surface area contributed by atoms with Gasteiger partial charge in [0.25, 0.3) is 5.91 Å². The van der Waals surface area contributed by atoms with Crippen molar-refractivity contribution < 1.29 is 18.0 Å². The molecule has 0 saturated carbocycles. The molecule has 90 valence electrons. The minimum Gasteiger partial charge on any atom is -0.332 e. The van der Waals surface area contributed by atoms with Crippen molar-refractivity contribution in [1.82, 2.24) is 4.90 Å². The first-order valence-electron chi connectivity index (χ1n) is 3.98. The summed E-state index contributed by atoms with van der Waals surface area (Å²) in [6.45, 7) is -1.25. The largest absolute Gasteiger partial charge is 0.406 e. The fourth-order valence-electron chi connectivity index (χ4n) is 0.981. The molecule has 1 aromatic rings. The Morgan fingerprint density at radius 3 is 2.44 bits per heavy atom. The van der Waals surface area contributed by atoms with Gasteiger partial charge in [0.15, 0.2) is 0 Å². The molecule has 0 aromatic carbocycles. The average molecular weight is 381 g/mol. The van der Waals surface area contributed by atoms with E-state index in [0.717, 1.165) is 18.4 Å². The van der Waals surface area contributed by atoms with Gasteiger partial charge >= 0.3 is 6.18 Å². The first-order valence-corrected chi connectivity index (χ1v) is 6.38. The van der Waals surface area contributed by atoms with Gasteiger partial charge in [0.1, 0.15) is 6.54 Å². The Kier molecular flexibility index (Phi) is 4.42. The molecule has 1 amide bonds. The van der Waals surface area contributed by atoms with E-state index in [0.29, 0.717) is 13.2 Å². The van der Waals surface area contributed by atoms with E-state index < -0.39 is 18.6 Å². The first kappa shape index (κ1) is 14.0. The van der Waals surface area contributed by atoms with E-state index in [9.17, 15) is 18.0 Å². The number of amides is 1. The van der Waals surface area contributed by atoms with Crippen molar-refractivity contribution in [2.45, 2.75) is 6.18 Å². The smallest absolute Gasteiger partial charge is 0.332 e. The fraction of sp³-hybridized carbons (Fsp3) is 0.375. The average Bonchev–Trinajstić information content (AvgIpc) is 2.43. The van der Waals surface area contributed by atoms with Crippen LogP contribution in [0.15, 0.2) is 14.3 Å². The van der Waals surface area contributed by atoms with Crippen molar-refractivity contribution in [3.05, 3.63) is 19.2 Å². The second kappa shape index (κ2) is 5.05. The molecule has 0 atom stereocenters. The van der Waals surface area contributed by atoms with Gasteiger partial charge in [-0.1, -0.05) is 0 Å². The molecule has 0 aliphatic heterocycles. The Morgan fingerprint density at radius 2 is 2.06 bits per heavy atom. The second-order valence-electron chi connectivity index (χ2n) is 3.01. The van der Waals surface area contributed by atoms with Crippen molar-refractivity contribution in [2.75, 3.05) is 13.6 Å². The lowest BCUT2D eigenvalue weighted by Gasteiger charge is -2.17. The summed E-state index contributed by atoms with van der Waals surface area (Å²) in [4.78, 5) is 12.5. The number of rotatable bonds is 2. The van der Waals surface area contributed by atoms with Crippen molar-refractivity contribution >= 4 is 49.1 Å². The van der Waals surface area contributed by atoms with Crippen LogP contribution < -0.4 is 0 Å². The lowest BCUT2D eigenvalue weighted by molar-refractivity contribution is -0.138. The van der Waals surface area contributed by atoms with Crippen molar-refractivity contribution in [1.29, 1.82) is 0 Å². The quantitative estimate of drug-likeness (QED) is 0.761. The van der Waals surface area contributed by atoms with Gasteiger partial charge in [-0.15, -0.1) is 11.3 Å². The summed E-state index contributed by atoms with van der Waals surface area (Å²) in [5.74, 6) is -0.645. The van der Waals surface area contributed by atoms with Crippen LogP contribution in [0.3, 0.4) is 0 Å². The molecule has 16 heavy (non-hydrogen) atoms. The topological polar surface area (TPSA) is 20.3 Å². The minimum atomic E-state index is -4.38. The van der Waals surface area contributed by atoms with Crippen molar-refractivity contribution in [2.24, 2.45) is 0 Å². The van der Waals surface area contributed by atoms with Gasteiger partial charge < -0.3 is 4.90 Å². The Bertz CT molecular complexity index is 385. The summed E-state index contributed by atoms with van der Waals surface area (Å²) in [7, 11) is 1.12. The highest BCUT2D eigenvalue weighted by atomic mass is 79.9. The molecule has 0 fully saturated rings. The third kappa shape index (κ3) is 3.74. The molecule has 0 bridgehead atoms. The first-order chi connectivity index (χ1) is 7.20. The number of nitrogens with zero attached hydrogens (tertiary/aromatic N) is 1. The van der Waals surface area contributed by atoms with Crippen LogP contribution in [0.2, 0.25) is 0 Å². The van der Waals surface area contributed by atoms with E-state index >= 15 is 0 Å². The number of thiophene rings is 1. The maximum Gasteiger partial charge on any atom is 0.406 e. The zero-order valence-corrected chi connectivity index (χ0v) is 11.9. The molecule has 0 N–H and O–H groups in total. The van der Waals surface area contributed by atoms with Crippen LogP contribution >= 0.6 is 43.2 Å². The molecule has 0 radical (unpaired) electrons.